The van der Waals surface area contributed by atoms with Gasteiger partial charge in [0.2, 0.25) is 0 Å². The van der Waals surface area contributed by atoms with Crippen LogP contribution in [0.25, 0.3) is 0 Å². The number of rotatable bonds is 3. The van der Waals surface area contributed by atoms with Crippen molar-refractivity contribution in [3.63, 3.8) is 0 Å². The third-order valence-corrected chi connectivity index (χ3v) is 2.59. The van der Waals surface area contributed by atoms with Crippen LogP contribution in [0.2, 0.25) is 0 Å². The van der Waals surface area contributed by atoms with E-state index >= 15 is 0 Å². The third kappa shape index (κ3) is 2.68. The smallest absolute Gasteiger partial charge is 0.253 e. The molecule has 0 unspecified atom stereocenters. The highest BCUT2D eigenvalue weighted by atomic mass is 16.5. The molecule has 0 saturated carbocycles. The molecule has 94 valence electrons. The highest BCUT2D eigenvalue weighted by Gasteiger charge is 2.02. The fourth-order valence-electron chi connectivity index (χ4n) is 1.73. The zero-order valence-electron chi connectivity index (χ0n) is 10.4. The molecule has 2 rings (SSSR count). The number of hydrogen-bond acceptors (Lipinski definition) is 4. The first kappa shape index (κ1) is 12.2. The lowest BCUT2D eigenvalue weighted by molar-refractivity contribution is 0.414. The highest BCUT2D eigenvalue weighted by Crippen LogP contribution is 2.18. The topological polar surface area (TPSA) is 70.1 Å². The lowest BCUT2D eigenvalue weighted by Gasteiger charge is -2.08. The van der Waals surface area contributed by atoms with E-state index in [0.717, 1.165) is 5.56 Å². The summed E-state index contributed by atoms with van der Waals surface area (Å²) in [6.07, 6.45) is 1.54. The summed E-state index contributed by atoms with van der Waals surface area (Å²) in [6.45, 7) is 2.21. The molecule has 5 heteroatoms. The zero-order valence-corrected chi connectivity index (χ0v) is 10.4. The summed E-state index contributed by atoms with van der Waals surface area (Å²) >= 11 is 0. The van der Waals surface area contributed by atoms with Crippen LogP contribution in [0.3, 0.4) is 0 Å². The molecular weight excluding hydrogens is 230 g/mol. The van der Waals surface area contributed by atoms with Crippen LogP contribution in [-0.2, 0) is 6.54 Å². The first-order valence-corrected chi connectivity index (χ1v) is 5.55. The molecule has 0 spiro atoms. The van der Waals surface area contributed by atoms with E-state index in [0.29, 0.717) is 23.7 Å². The molecule has 0 saturated heterocycles. The van der Waals surface area contributed by atoms with Gasteiger partial charge in [-0.2, -0.15) is 0 Å². The van der Waals surface area contributed by atoms with Gasteiger partial charge in [-0.3, -0.25) is 9.36 Å². The first-order chi connectivity index (χ1) is 8.58. The van der Waals surface area contributed by atoms with Crippen molar-refractivity contribution in [2.75, 3.05) is 12.8 Å². The Morgan fingerprint density at radius 2 is 2.11 bits per heavy atom. The largest absolute Gasteiger partial charge is 0.497 e. The number of anilines is 1. The number of nitrogens with zero attached hydrogens (tertiary/aromatic N) is 2. The Morgan fingerprint density at radius 3 is 2.78 bits per heavy atom. The highest BCUT2D eigenvalue weighted by molar-refractivity contribution is 5.47. The number of ether oxygens (including phenoxy) is 1. The van der Waals surface area contributed by atoms with Gasteiger partial charge < -0.3 is 10.5 Å². The van der Waals surface area contributed by atoms with Crippen molar-refractivity contribution in [1.29, 1.82) is 0 Å². The van der Waals surface area contributed by atoms with Gasteiger partial charge in [-0.25, -0.2) is 4.98 Å². The molecule has 5 nitrogen and oxygen atoms in total. The van der Waals surface area contributed by atoms with Crippen molar-refractivity contribution in [2.45, 2.75) is 13.5 Å². The van der Waals surface area contributed by atoms with Crippen LogP contribution in [0.5, 0.6) is 5.75 Å². The van der Waals surface area contributed by atoms with Gasteiger partial charge in [0.25, 0.3) is 5.56 Å². The summed E-state index contributed by atoms with van der Waals surface area (Å²) in [5, 5.41) is 0. The number of aromatic nitrogens is 2. The maximum Gasteiger partial charge on any atom is 0.253 e. The number of methoxy groups -OCH3 is 1. The van der Waals surface area contributed by atoms with Gasteiger partial charge in [0.05, 0.1) is 20.0 Å². The normalized spacial score (nSPS) is 10.3. The summed E-state index contributed by atoms with van der Waals surface area (Å²) in [5.41, 5.74) is 7.91. The van der Waals surface area contributed by atoms with Crippen LogP contribution in [0.15, 0.2) is 35.4 Å². The Kier molecular flexibility index (Phi) is 3.32. The minimum atomic E-state index is -0.0797. The molecule has 0 amide bonds. The van der Waals surface area contributed by atoms with Crippen LogP contribution in [0.4, 0.5) is 5.69 Å². The number of hydrogen-bond donors (Lipinski definition) is 1. The maximum atomic E-state index is 11.7. The molecule has 0 aliphatic carbocycles. The van der Waals surface area contributed by atoms with Crippen molar-refractivity contribution in [3.8, 4) is 5.75 Å². The SMILES string of the molecule is COc1cc(N)cc(Cn2cnc(C)cc2=O)c1. The molecule has 0 radical (unpaired) electrons. The van der Waals surface area contributed by atoms with Crippen molar-refractivity contribution >= 4 is 5.69 Å². The molecule has 0 atom stereocenters. The van der Waals surface area contributed by atoms with E-state index in [1.54, 1.807) is 20.1 Å². The van der Waals surface area contributed by atoms with Gasteiger partial charge in [-0.05, 0) is 24.6 Å². The maximum absolute atomic E-state index is 11.7. The van der Waals surface area contributed by atoms with Crippen molar-refractivity contribution < 1.29 is 4.74 Å². The monoisotopic (exact) mass is 245 g/mol. The zero-order chi connectivity index (χ0) is 13.1. The average Bonchev–Trinajstić information content (AvgIpc) is 2.32. The van der Waals surface area contributed by atoms with Crippen molar-refractivity contribution in [3.05, 3.63) is 52.2 Å². The summed E-state index contributed by atoms with van der Waals surface area (Å²) in [7, 11) is 1.58. The fraction of sp³-hybridized carbons (Fsp3) is 0.231. The summed E-state index contributed by atoms with van der Waals surface area (Å²) in [4.78, 5) is 15.8. The predicted molar refractivity (Wildman–Crippen MR) is 69.7 cm³/mol. The Bertz CT molecular complexity index is 620. The second kappa shape index (κ2) is 4.91. The molecule has 1 aromatic carbocycles. The average molecular weight is 245 g/mol. The molecule has 1 heterocycles. The van der Waals surface area contributed by atoms with E-state index in [2.05, 4.69) is 4.98 Å². The minimum absolute atomic E-state index is 0.0797. The van der Waals surface area contributed by atoms with Gasteiger partial charge in [-0.1, -0.05) is 0 Å². The standard InChI is InChI=1S/C13H15N3O2/c1-9-3-13(17)16(8-15-9)7-10-4-11(14)6-12(5-10)18-2/h3-6,8H,7,14H2,1-2H3. The number of aryl methyl sites for hydroxylation is 1. The second-order valence-electron chi connectivity index (χ2n) is 4.11. The summed E-state index contributed by atoms with van der Waals surface area (Å²) < 4.78 is 6.67. The van der Waals surface area contributed by atoms with E-state index in [1.165, 1.54) is 17.0 Å². The molecule has 0 aliphatic rings. The Morgan fingerprint density at radius 1 is 1.33 bits per heavy atom. The number of nitrogens with two attached hydrogens (primary N) is 1. The van der Waals surface area contributed by atoms with Gasteiger partial charge in [0.1, 0.15) is 5.75 Å². The number of benzene rings is 1. The van der Waals surface area contributed by atoms with Crippen LogP contribution in [-0.4, -0.2) is 16.7 Å². The summed E-state index contributed by atoms with van der Waals surface area (Å²) in [6, 6.07) is 6.90. The quantitative estimate of drug-likeness (QED) is 0.825. The number of nitrogen functional groups attached to an aromatic ring is 1. The van der Waals surface area contributed by atoms with Crippen LogP contribution in [0.1, 0.15) is 11.3 Å². The molecule has 0 fully saturated rings. The van der Waals surface area contributed by atoms with Crippen LogP contribution >= 0.6 is 0 Å². The summed E-state index contributed by atoms with van der Waals surface area (Å²) in [5.74, 6) is 0.679. The van der Waals surface area contributed by atoms with Gasteiger partial charge in [0, 0.05) is 23.5 Å². The van der Waals surface area contributed by atoms with Crippen molar-refractivity contribution in [1.82, 2.24) is 9.55 Å². The third-order valence-electron chi connectivity index (χ3n) is 2.59. The van der Waals surface area contributed by atoms with Gasteiger partial charge in [0.15, 0.2) is 0 Å². The molecule has 0 bridgehead atoms. The first-order valence-electron chi connectivity index (χ1n) is 5.55. The Labute approximate surface area is 105 Å². The van der Waals surface area contributed by atoms with Gasteiger partial charge in [-0.15, -0.1) is 0 Å². The molecular formula is C13H15N3O2. The lowest BCUT2D eigenvalue weighted by Crippen LogP contribution is -2.20. The fourth-order valence-corrected chi connectivity index (χ4v) is 1.73. The van der Waals surface area contributed by atoms with Gasteiger partial charge >= 0.3 is 0 Å². The molecule has 0 aliphatic heterocycles. The van der Waals surface area contributed by atoms with E-state index < -0.39 is 0 Å². The minimum Gasteiger partial charge on any atom is -0.497 e. The molecule has 2 aromatic rings. The van der Waals surface area contributed by atoms with Crippen molar-refractivity contribution in [2.24, 2.45) is 0 Å². The Hall–Kier alpha value is -2.30. The van der Waals surface area contributed by atoms with E-state index in [-0.39, 0.29) is 5.56 Å². The van der Waals surface area contributed by atoms with E-state index in [4.69, 9.17) is 10.5 Å². The second-order valence-corrected chi connectivity index (χ2v) is 4.11. The van der Waals surface area contributed by atoms with Crippen LogP contribution in [0, 0.1) is 6.92 Å². The predicted octanol–water partition coefficient (Wildman–Crippen LogP) is 1.19. The Balaban J connectivity index is 2.33. The van der Waals surface area contributed by atoms with E-state index in [1.807, 2.05) is 12.1 Å². The molecule has 18 heavy (non-hydrogen) atoms. The molecule has 2 N–H and O–H groups in total. The van der Waals surface area contributed by atoms with E-state index in [9.17, 15) is 4.79 Å². The molecule has 1 aromatic heterocycles. The lowest BCUT2D eigenvalue weighted by atomic mass is 10.2. The van der Waals surface area contributed by atoms with Crippen LogP contribution < -0.4 is 16.0 Å².